The number of aromatic nitrogens is 1. The number of rotatable bonds is 3. The fraction of sp³-hybridized carbons (Fsp3) is 0.0769. The molecular formula is C39H29NOSSi. The highest BCUT2D eigenvalue weighted by atomic mass is 32.1. The maximum atomic E-state index is 6.88. The number of fused-ring (bicyclic) bond motifs is 10. The van der Waals surface area contributed by atoms with Crippen molar-refractivity contribution in [2.45, 2.75) is 19.6 Å². The molecule has 9 aromatic rings. The second-order valence-corrected chi connectivity index (χ2v) is 18.6. The van der Waals surface area contributed by atoms with Crippen LogP contribution in [0.25, 0.3) is 80.7 Å². The summed E-state index contributed by atoms with van der Waals surface area (Å²) in [7, 11) is -1.61. The average Bonchev–Trinajstić information content (AvgIpc) is 3.70. The van der Waals surface area contributed by atoms with Gasteiger partial charge in [0, 0.05) is 41.7 Å². The molecule has 43 heavy (non-hydrogen) atoms. The molecule has 0 N–H and O–H groups in total. The van der Waals surface area contributed by atoms with Gasteiger partial charge in [-0.1, -0.05) is 123 Å². The zero-order chi connectivity index (χ0) is 28.9. The van der Waals surface area contributed by atoms with Crippen LogP contribution in [0.3, 0.4) is 0 Å². The van der Waals surface area contributed by atoms with Gasteiger partial charge in [-0.25, -0.2) is 0 Å². The summed E-state index contributed by atoms with van der Waals surface area (Å²) in [6.45, 7) is 7.17. The van der Waals surface area contributed by atoms with Gasteiger partial charge in [0.15, 0.2) is 5.58 Å². The molecule has 0 aliphatic carbocycles. The van der Waals surface area contributed by atoms with E-state index >= 15 is 0 Å². The molecule has 0 fully saturated rings. The van der Waals surface area contributed by atoms with Gasteiger partial charge in [0.2, 0.25) is 0 Å². The van der Waals surface area contributed by atoms with Crippen molar-refractivity contribution >= 4 is 88.5 Å². The fourth-order valence-electron chi connectivity index (χ4n) is 6.98. The Kier molecular flexibility index (Phi) is 5.17. The molecule has 0 aliphatic rings. The van der Waals surface area contributed by atoms with E-state index in [1.807, 2.05) is 11.3 Å². The van der Waals surface area contributed by atoms with Gasteiger partial charge >= 0.3 is 0 Å². The zero-order valence-corrected chi connectivity index (χ0v) is 26.1. The van der Waals surface area contributed by atoms with Crippen molar-refractivity contribution in [2.24, 2.45) is 0 Å². The van der Waals surface area contributed by atoms with Gasteiger partial charge in [-0.3, -0.25) is 0 Å². The zero-order valence-electron chi connectivity index (χ0n) is 24.3. The van der Waals surface area contributed by atoms with E-state index in [1.54, 1.807) is 0 Å². The first-order valence-electron chi connectivity index (χ1n) is 14.9. The molecule has 0 amide bonds. The van der Waals surface area contributed by atoms with Gasteiger partial charge in [0.25, 0.3) is 0 Å². The van der Waals surface area contributed by atoms with Crippen molar-refractivity contribution in [3.8, 4) is 16.8 Å². The molecule has 0 bridgehead atoms. The topological polar surface area (TPSA) is 18.1 Å². The fourth-order valence-corrected chi connectivity index (χ4v) is 9.84. The van der Waals surface area contributed by atoms with E-state index in [2.05, 4.69) is 146 Å². The van der Waals surface area contributed by atoms with Crippen LogP contribution in [0.2, 0.25) is 19.6 Å². The molecule has 206 valence electrons. The van der Waals surface area contributed by atoms with Crippen molar-refractivity contribution in [2.75, 3.05) is 0 Å². The van der Waals surface area contributed by atoms with E-state index in [0.29, 0.717) is 0 Å². The summed E-state index contributed by atoms with van der Waals surface area (Å²) < 4.78 is 12.0. The summed E-state index contributed by atoms with van der Waals surface area (Å²) in [6, 6.07) is 44.2. The van der Waals surface area contributed by atoms with Gasteiger partial charge in [-0.05, 0) is 34.5 Å². The summed E-state index contributed by atoms with van der Waals surface area (Å²) in [5, 5.41) is 8.96. The molecule has 9 rings (SSSR count). The first-order chi connectivity index (χ1) is 21.0. The maximum Gasteiger partial charge on any atom is 0.159 e. The van der Waals surface area contributed by atoms with Crippen LogP contribution >= 0.6 is 11.3 Å². The van der Waals surface area contributed by atoms with Gasteiger partial charge in [-0.15, -0.1) is 11.3 Å². The molecule has 3 heterocycles. The lowest BCUT2D eigenvalue weighted by atomic mass is 10.0. The Bertz CT molecular complexity index is 2540. The summed E-state index contributed by atoms with van der Waals surface area (Å²) in [6.07, 6.45) is 0. The third kappa shape index (κ3) is 3.51. The number of hydrogen-bond acceptors (Lipinski definition) is 2. The molecule has 0 saturated heterocycles. The lowest BCUT2D eigenvalue weighted by Gasteiger charge is -2.16. The van der Waals surface area contributed by atoms with Crippen LogP contribution in [0.4, 0.5) is 0 Å². The minimum atomic E-state index is -1.61. The van der Waals surface area contributed by atoms with Gasteiger partial charge < -0.3 is 8.98 Å². The summed E-state index contributed by atoms with van der Waals surface area (Å²) >= 11 is 1.92. The standard InChI is InChI=1S/C39H29NOSSi/c1-43(2,3)34-21-11-17-27-26-16-10-20-33(36(26)41-37(27)34)40-31-19-8-7-14-30(31)35-32(40)23-22-29-28-18-9-15-25(38(28)42-39(29)35)24-12-5-4-6-13-24/h4-23H,1-3H3. The van der Waals surface area contributed by atoms with Gasteiger partial charge in [0.1, 0.15) is 5.58 Å². The molecule has 0 unspecified atom stereocenters. The van der Waals surface area contributed by atoms with Crippen LogP contribution in [0.1, 0.15) is 0 Å². The smallest absolute Gasteiger partial charge is 0.159 e. The monoisotopic (exact) mass is 587 g/mol. The molecule has 6 aromatic carbocycles. The lowest BCUT2D eigenvalue weighted by Crippen LogP contribution is -2.37. The Morgan fingerprint density at radius 3 is 2.05 bits per heavy atom. The van der Waals surface area contributed by atoms with Crippen molar-refractivity contribution in [1.29, 1.82) is 0 Å². The highest BCUT2D eigenvalue weighted by Gasteiger charge is 2.25. The molecular weight excluding hydrogens is 559 g/mol. The molecule has 0 spiro atoms. The van der Waals surface area contributed by atoms with E-state index in [4.69, 9.17) is 4.42 Å². The minimum Gasteiger partial charge on any atom is -0.454 e. The van der Waals surface area contributed by atoms with Crippen LogP contribution in [0.5, 0.6) is 0 Å². The Morgan fingerprint density at radius 1 is 0.535 bits per heavy atom. The number of nitrogens with zero attached hydrogens (tertiary/aromatic N) is 1. The highest BCUT2D eigenvalue weighted by Crippen LogP contribution is 2.46. The second-order valence-electron chi connectivity index (χ2n) is 12.5. The largest absolute Gasteiger partial charge is 0.454 e. The number of benzene rings is 6. The molecule has 0 saturated carbocycles. The Labute approximate surface area is 254 Å². The van der Waals surface area contributed by atoms with E-state index in [1.165, 1.54) is 69.1 Å². The summed E-state index contributed by atoms with van der Waals surface area (Å²) in [5.74, 6) is 0. The quantitative estimate of drug-likeness (QED) is 0.188. The van der Waals surface area contributed by atoms with Crippen LogP contribution in [0, 0.1) is 0 Å². The number of para-hydroxylation sites is 3. The molecule has 3 aromatic heterocycles. The first kappa shape index (κ1) is 24.9. The van der Waals surface area contributed by atoms with Crippen LogP contribution < -0.4 is 5.19 Å². The third-order valence-electron chi connectivity index (χ3n) is 8.94. The Hall–Kier alpha value is -4.64. The molecule has 2 nitrogen and oxygen atoms in total. The van der Waals surface area contributed by atoms with E-state index < -0.39 is 8.07 Å². The SMILES string of the molecule is C[Si](C)(C)c1cccc2c1oc1c(-n3c4ccccc4c4c5sc6c(-c7ccccc7)cccc6c5ccc43)cccc12. The Morgan fingerprint density at radius 2 is 1.21 bits per heavy atom. The van der Waals surface area contributed by atoms with E-state index in [9.17, 15) is 0 Å². The number of hydrogen-bond donors (Lipinski definition) is 0. The van der Waals surface area contributed by atoms with Crippen molar-refractivity contribution in [1.82, 2.24) is 4.57 Å². The minimum absolute atomic E-state index is 0.952. The van der Waals surface area contributed by atoms with Crippen molar-refractivity contribution < 1.29 is 4.42 Å². The van der Waals surface area contributed by atoms with Crippen molar-refractivity contribution in [3.63, 3.8) is 0 Å². The van der Waals surface area contributed by atoms with Crippen LogP contribution in [-0.2, 0) is 0 Å². The molecule has 0 aliphatic heterocycles. The predicted octanol–water partition coefficient (Wildman–Crippen LogP) is 11.3. The lowest BCUT2D eigenvalue weighted by molar-refractivity contribution is 0.668. The summed E-state index contributed by atoms with van der Waals surface area (Å²) in [4.78, 5) is 0. The number of furan rings is 1. The molecule has 0 radical (unpaired) electrons. The molecule has 0 atom stereocenters. The third-order valence-corrected chi connectivity index (χ3v) is 12.2. The highest BCUT2D eigenvalue weighted by molar-refractivity contribution is 7.27. The van der Waals surface area contributed by atoms with E-state index in [-0.39, 0.29) is 0 Å². The van der Waals surface area contributed by atoms with Gasteiger partial charge in [0.05, 0.1) is 24.8 Å². The Balaban J connectivity index is 1.40. The van der Waals surface area contributed by atoms with Gasteiger partial charge in [-0.2, -0.15) is 0 Å². The molecule has 4 heteroatoms. The number of thiophene rings is 1. The van der Waals surface area contributed by atoms with Crippen LogP contribution in [0.15, 0.2) is 126 Å². The second kappa shape index (κ2) is 8.93. The average molecular weight is 588 g/mol. The first-order valence-corrected chi connectivity index (χ1v) is 19.2. The van der Waals surface area contributed by atoms with Crippen LogP contribution in [-0.4, -0.2) is 12.6 Å². The van der Waals surface area contributed by atoms with Crippen molar-refractivity contribution in [3.05, 3.63) is 121 Å². The normalized spacial score (nSPS) is 12.5. The maximum absolute atomic E-state index is 6.88. The predicted molar refractivity (Wildman–Crippen MR) is 189 cm³/mol. The van der Waals surface area contributed by atoms with E-state index in [0.717, 1.165) is 16.9 Å². The summed E-state index contributed by atoms with van der Waals surface area (Å²) in [5.41, 5.74) is 8.05.